The number of phenols is 2. The van der Waals surface area contributed by atoms with E-state index in [1.165, 1.54) is 0 Å². The molecule has 4 nitrogen and oxygen atoms in total. The van der Waals surface area contributed by atoms with Gasteiger partial charge >= 0.3 is 0 Å². The van der Waals surface area contributed by atoms with Crippen molar-refractivity contribution in [3.63, 3.8) is 0 Å². The molecule has 4 aromatic carbocycles. The molecular weight excluding hydrogens is 468 g/mol. The lowest BCUT2D eigenvalue weighted by molar-refractivity contribution is 0.390. The molecule has 4 aromatic rings. The maximum absolute atomic E-state index is 10.7. The summed E-state index contributed by atoms with van der Waals surface area (Å²) in [6.07, 6.45) is 7.74. The maximum atomic E-state index is 10.7. The van der Waals surface area contributed by atoms with Gasteiger partial charge in [-0.05, 0) is 84.3 Å². The van der Waals surface area contributed by atoms with E-state index >= 15 is 0 Å². The first-order valence-corrected chi connectivity index (χ1v) is 13.3. The minimum atomic E-state index is 0.0284. The van der Waals surface area contributed by atoms with Crippen LogP contribution < -0.4 is 0 Å². The number of hydrogen-bond acceptors (Lipinski definition) is 4. The summed E-state index contributed by atoms with van der Waals surface area (Å²) < 4.78 is 0. The topological polar surface area (TPSA) is 65.2 Å². The molecule has 2 unspecified atom stereocenters. The summed E-state index contributed by atoms with van der Waals surface area (Å²) in [5.41, 5.74) is 7.44. The van der Waals surface area contributed by atoms with Crippen molar-refractivity contribution >= 4 is 12.4 Å². The summed E-state index contributed by atoms with van der Waals surface area (Å²) in [4.78, 5) is 9.86. The molecular formula is C34H34N2O2. The molecule has 0 bridgehead atoms. The predicted molar refractivity (Wildman–Crippen MR) is 158 cm³/mol. The first-order valence-electron chi connectivity index (χ1n) is 13.3. The molecule has 2 atom stereocenters. The Kier molecular flexibility index (Phi) is 7.69. The zero-order chi connectivity index (χ0) is 26.5. The van der Waals surface area contributed by atoms with Crippen molar-refractivity contribution in [1.82, 2.24) is 0 Å². The minimum absolute atomic E-state index is 0.0284. The number of rotatable bonds is 6. The Labute approximate surface area is 225 Å². The summed E-state index contributed by atoms with van der Waals surface area (Å²) in [6, 6.07) is 28.4. The van der Waals surface area contributed by atoms with Gasteiger partial charge in [0.1, 0.15) is 11.5 Å². The SMILES string of the molecule is Cc1cc(-c2ccccc2)cc(C=NC2CCCCC2N=Cc2cc(-c3ccccc3)cc(C)c2O)c1O. The van der Waals surface area contributed by atoms with Gasteiger partial charge in [0.15, 0.2) is 0 Å². The maximum Gasteiger partial charge on any atom is 0.127 e. The van der Waals surface area contributed by atoms with E-state index in [1.54, 1.807) is 0 Å². The Balaban J connectivity index is 1.40. The van der Waals surface area contributed by atoms with E-state index in [1.807, 2.05) is 86.9 Å². The number of aromatic hydroxyl groups is 2. The lowest BCUT2D eigenvalue weighted by atomic mass is 9.91. The Hall–Kier alpha value is -4.18. The number of nitrogens with zero attached hydrogens (tertiary/aromatic N) is 2. The number of hydrogen-bond donors (Lipinski definition) is 2. The molecule has 1 aliphatic rings. The fourth-order valence-corrected chi connectivity index (χ4v) is 5.20. The molecule has 1 fully saturated rings. The first kappa shape index (κ1) is 25.5. The predicted octanol–water partition coefficient (Wildman–Crippen LogP) is 7.90. The van der Waals surface area contributed by atoms with Gasteiger partial charge in [-0.3, -0.25) is 9.98 Å². The molecule has 0 amide bonds. The van der Waals surface area contributed by atoms with Crippen LogP contribution in [0.1, 0.15) is 47.9 Å². The molecule has 1 saturated carbocycles. The van der Waals surface area contributed by atoms with Crippen molar-refractivity contribution in [2.45, 2.75) is 51.6 Å². The molecule has 0 radical (unpaired) electrons. The number of aliphatic imine (C=N–C) groups is 2. The van der Waals surface area contributed by atoms with Crippen LogP contribution in [0.25, 0.3) is 22.3 Å². The molecule has 1 aliphatic carbocycles. The molecule has 0 aliphatic heterocycles. The highest BCUT2D eigenvalue weighted by atomic mass is 16.3. The van der Waals surface area contributed by atoms with Gasteiger partial charge in [-0.15, -0.1) is 0 Å². The van der Waals surface area contributed by atoms with Gasteiger partial charge in [0, 0.05) is 23.6 Å². The first-order chi connectivity index (χ1) is 18.5. The third-order valence-corrected chi connectivity index (χ3v) is 7.38. The number of aryl methyl sites for hydroxylation is 2. The monoisotopic (exact) mass is 502 g/mol. The molecule has 4 heteroatoms. The summed E-state index contributed by atoms with van der Waals surface area (Å²) in [7, 11) is 0. The second kappa shape index (κ2) is 11.5. The van der Waals surface area contributed by atoms with Crippen LogP contribution in [0.5, 0.6) is 11.5 Å². The van der Waals surface area contributed by atoms with Crippen molar-refractivity contribution in [3.05, 3.63) is 107 Å². The van der Waals surface area contributed by atoms with Crippen LogP contribution in [0.15, 0.2) is 94.9 Å². The lowest BCUT2D eigenvalue weighted by Crippen LogP contribution is -2.27. The largest absolute Gasteiger partial charge is 0.507 e. The Morgan fingerprint density at radius 3 is 1.37 bits per heavy atom. The van der Waals surface area contributed by atoms with Crippen LogP contribution >= 0.6 is 0 Å². The van der Waals surface area contributed by atoms with Crippen LogP contribution in [0.3, 0.4) is 0 Å². The second-order valence-corrected chi connectivity index (χ2v) is 10.2. The van der Waals surface area contributed by atoms with Crippen molar-refractivity contribution in [2.24, 2.45) is 9.98 Å². The highest BCUT2D eigenvalue weighted by Gasteiger charge is 2.23. The van der Waals surface area contributed by atoms with E-state index in [0.717, 1.165) is 70.2 Å². The lowest BCUT2D eigenvalue weighted by Gasteiger charge is -2.25. The van der Waals surface area contributed by atoms with E-state index in [2.05, 4.69) is 24.3 Å². The van der Waals surface area contributed by atoms with Gasteiger partial charge in [-0.1, -0.05) is 73.5 Å². The van der Waals surface area contributed by atoms with Crippen LogP contribution in [0.2, 0.25) is 0 Å². The molecule has 0 aromatic heterocycles. The normalized spacial score (nSPS) is 17.8. The fourth-order valence-electron chi connectivity index (χ4n) is 5.20. The average molecular weight is 503 g/mol. The average Bonchev–Trinajstić information content (AvgIpc) is 2.95. The zero-order valence-electron chi connectivity index (χ0n) is 22.0. The summed E-state index contributed by atoms with van der Waals surface area (Å²) >= 11 is 0. The molecule has 38 heavy (non-hydrogen) atoms. The zero-order valence-corrected chi connectivity index (χ0v) is 22.0. The van der Waals surface area contributed by atoms with Crippen molar-refractivity contribution in [1.29, 1.82) is 0 Å². The van der Waals surface area contributed by atoms with Gasteiger partial charge in [0.25, 0.3) is 0 Å². The van der Waals surface area contributed by atoms with E-state index in [9.17, 15) is 10.2 Å². The van der Waals surface area contributed by atoms with Gasteiger partial charge < -0.3 is 10.2 Å². The molecule has 5 rings (SSSR count). The Morgan fingerprint density at radius 2 is 0.974 bits per heavy atom. The van der Waals surface area contributed by atoms with Crippen LogP contribution in [0.4, 0.5) is 0 Å². The number of phenolic OH excluding ortho intramolecular Hbond substituents is 2. The molecule has 0 spiro atoms. The molecule has 0 saturated heterocycles. The van der Waals surface area contributed by atoms with Crippen molar-refractivity contribution in [2.75, 3.05) is 0 Å². The van der Waals surface area contributed by atoms with Gasteiger partial charge in [0.05, 0.1) is 12.1 Å². The van der Waals surface area contributed by atoms with E-state index in [4.69, 9.17) is 9.98 Å². The van der Waals surface area contributed by atoms with E-state index in [0.29, 0.717) is 0 Å². The quantitative estimate of drug-likeness (QED) is 0.263. The van der Waals surface area contributed by atoms with Crippen molar-refractivity contribution in [3.8, 4) is 33.8 Å². The molecule has 192 valence electrons. The third-order valence-electron chi connectivity index (χ3n) is 7.38. The Bertz CT molecular complexity index is 1350. The summed E-state index contributed by atoms with van der Waals surface area (Å²) in [5, 5.41) is 21.5. The highest BCUT2D eigenvalue weighted by molar-refractivity contribution is 5.88. The van der Waals surface area contributed by atoms with E-state index in [-0.39, 0.29) is 23.6 Å². The van der Waals surface area contributed by atoms with Crippen molar-refractivity contribution < 1.29 is 10.2 Å². The second-order valence-electron chi connectivity index (χ2n) is 10.2. The van der Waals surface area contributed by atoms with Crippen LogP contribution in [-0.2, 0) is 0 Å². The fraction of sp³-hybridized carbons (Fsp3) is 0.235. The summed E-state index contributed by atoms with van der Waals surface area (Å²) in [5.74, 6) is 0.532. The molecule has 0 heterocycles. The standard InChI is InChI=1S/C34H34N2O2/c1-23-17-27(25-11-5-3-6-12-25)19-29(33(23)37)21-35-31-15-9-10-16-32(31)36-22-30-20-28(18-24(2)34(30)38)26-13-7-4-8-14-26/h3-8,11-14,17-22,31-32,37-38H,9-10,15-16H2,1-2H3. The smallest absolute Gasteiger partial charge is 0.127 e. The number of benzene rings is 4. The van der Waals surface area contributed by atoms with Gasteiger partial charge in [0.2, 0.25) is 0 Å². The van der Waals surface area contributed by atoms with Crippen LogP contribution in [0, 0.1) is 13.8 Å². The minimum Gasteiger partial charge on any atom is -0.507 e. The van der Waals surface area contributed by atoms with Gasteiger partial charge in [-0.25, -0.2) is 0 Å². The third kappa shape index (κ3) is 5.70. The molecule has 2 N–H and O–H groups in total. The van der Waals surface area contributed by atoms with E-state index < -0.39 is 0 Å². The summed E-state index contributed by atoms with van der Waals surface area (Å²) in [6.45, 7) is 3.84. The highest BCUT2D eigenvalue weighted by Crippen LogP contribution is 2.31. The Morgan fingerprint density at radius 1 is 0.579 bits per heavy atom. The van der Waals surface area contributed by atoms with Gasteiger partial charge in [-0.2, -0.15) is 0 Å². The van der Waals surface area contributed by atoms with Crippen LogP contribution in [-0.4, -0.2) is 34.7 Å².